The first kappa shape index (κ1) is 14.0. The average molecular weight is 290 g/mol. The molecule has 7 heteroatoms. The topological polar surface area (TPSA) is 82.1 Å². The Kier molecular flexibility index (Phi) is 3.99. The Balaban J connectivity index is 2.15. The monoisotopic (exact) mass is 290 g/mol. The van der Waals surface area contributed by atoms with Gasteiger partial charge in [-0.25, -0.2) is 4.79 Å². The number of rotatable bonds is 4. The second-order valence-corrected chi connectivity index (χ2v) is 4.72. The van der Waals surface area contributed by atoms with Crippen LogP contribution in [0.4, 0.5) is 5.69 Å². The van der Waals surface area contributed by atoms with Crippen LogP contribution in [0, 0.1) is 0 Å². The van der Waals surface area contributed by atoms with Crippen molar-refractivity contribution in [3.05, 3.63) is 52.7 Å². The molecule has 6 nitrogen and oxygen atoms in total. The van der Waals surface area contributed by atoms with Crippen molar-refractivity contribution in [2.75, 3.05) is 5.32 Å². The van der Waals surface area contributed by atoms with Gasteiger partial charge in [0.25, 0.3) is 0 Å². The number of nitrogens with one attached hydrogen (secondary N) is 1. The lowest BCUT2D eigenvalue weighted by Gasteiger charge is -2.09. The Morgan fingerprint density at radius 2 is 2.05 bits per heavy atom. The van der Waals surface area contributed by atoms with Gasteiger partial charge in [-0.3, -0.25) is 9.36 Å². The molecule has 20 heavy (non-hydrogen) atoms. The summed E-state index contributed by atoms with van der Waals surface area (Å²) in [5.41, 5.74) is 6.47. The minimum absolute atomic E-state index is 0.0641. The number of anilines is 1. The number of nitrogens with two attached hydrogens (primary N) is 1. The van der Waals surface area contributed by atoms with Gasteiger partial charge in [0.15, 0.2) is 0 Å². The van der Waals surface area contributed by atoms with Crippen molar-refractivity contribution in [3.8, 4) is 0 Å². The van der Waals surface area contributed by atoms with E-state index >= 15 is 0 Å². The Hall–Kier alpha value is -2.41. The molecule has 0 aliphatic carbocycles. The summed E-state index contributed by atoms with van der Waals surface area (Å²) in [4.78, 5) is 23.8. The number of para-hydroxylation sites is 1. The van der Waals surface area contributed by atoms with Crippen molar-refractivity contribution in [1.29, 1.82) is 0 Å². The van der Waals surface area contributed by atoms with Gasteiger partial charge < -0.3 is 15.6 Å². The van der Waals surface area contributed by atoms with E-state index < -0.39 is 0 Å². The van der Waals surface area contributed by atoms with Crippen molar-refractivity contribution < 1.29 is 4.79 Å². The summed E-state index contributed by atoms with van der Waals surface area (Å²) in [7, 11) is 1.62. The van der Waals surface area contributed by atoms with Gasteiger partial charge in [-0.15, -0.1) is 0 Å². The number of benzene rings is 1. The first-order valence-corrected chi connectivity index (χ1v) is 6.30. The molecule has 0 bridgehead atoms. The van der Waals surface area contributed by atoms with Gasteiger partial charge in [-0.2, -0.15) is 0 Å². The van der Waals surface area contributed by atoms with Gasteiger partial charge >= 0.3 is 5.69 Å². The van der Waals surface area contributed by atoms with E-state index in [1.54, 1.807) is 43.7 Å². The van der Waals surface area contributed by atoms with Gasteiger partial charge in [0.2, 0.25) is 5.91 Å². The highest BCUT2D eigenvalue weighted by Gasteiger charge is 2.10. The lowest BCUT2D eigenvalue weighted by atomic mass is 10.2. The maximum Gasteiger partial charge on any atom is 0.328 e. The van der Waals surface area contributed by atoms with Crippen LogP contribution < -0.4 is 16.7 Å². The number of nitrogens with zero attached hydrogens (tertiary/aromatic N) is 2. The fourth-order valence-electron chi connectivity index (χ4n) is 1.78. The molecule has 1 heterocycles. The second kappa shape index (κ2) is 5.70. The van der Waals surface area contributed by atoms with Crippen LogP contribution in [0.3, 0.4) is 0 Å². The number of hydrogen-bond donors (Lipinski definition) is 2. The standard InChI is InChI=1S/C13H14N4O2S/c1-16-6-7-17(13(16)19)8-11(18)15-10-5-3-2-4-9(10)12(14)20/h2-7H,8H2,1H3,(H2,14,20)(H,15,18). The van der Waals surface area contributed by atoms with E-state index in [0.29, 0.717) is 11.3 Å². The number of amides is 1. The molecule has 0 saturated heterocycles. The van der Waals surface area contributed by atoms with Crippen LogP contribution in [-0.2, 0) is 18.4 Å². The van der Waals surface area contributed by atoms with Crippen LogP contribution in [-0.4, -0.2) is 20.0 Å². The van der Waals surface area contributed by atoms with Crippen LogP contribution in [0.2, 0.25) is 0 Å². The van der Waals surface area contributed by atoms with Crippen molar-refractivity contribution in [3.63, 3.8) is 0 Å². The van der Waals surface area contributed by atoms with E-state index in [4.69, 9.17) is 18.0 Å². The van der Waals surface area contributed by atoms with Crippen LogP contribution in [0.15, 0.2) is 41.5 Å². The normalized spacial score (nSPS) is 10.2. The molecule has 3 N–H and O–H groups in total. The third kappa shape index (κ3) is 2.94. The number of aryl methyl sites for hydroxylation is 1. The Morgan fingerprint density at radius 1 is 1.35 bits per heavy atom. The molecule has 0 radical (unpaired) electrons. The lowest BCUT2D eigenvalue weighted by molar-refractivity contribution is -0.116. The van der Waals surface area contributed by atoms with E-state index in [0.717, 1.165) is 0 Å². The molecular formula is C13H14N4O2S. The van der Waals surface area contributed by atoms with Crippen molar-refractivity contribution >= 4 is 28.8 Å². The molecule has 0 atom stereocenters. The first-order chi connectivity index (χ1) is 9.49. The number of carbonyl (C=O) groups is 1. The van der Waals surface area contributed by atoms with E-state index in [9.17, 15) is 9.59 Å². The third-order valence-electron chi connectivity index (χ3n) is 2.80. The highest BCUT2D eigenvalue weighted by Crippen LogP contribution is 2.14. The zero-order valence-electron chi connectivity index (χ0n) is 10.9. The van der Waals surface area contributed by atoms with E-state index in [1.165, 1.54) is 9.13 Å². The third-order valence-corrected chi connectivity index (χ3v) is 3.02. The predicted molar refractivity (Wildman–Crippen MR) is 80.6 cm³/mol. The Labute approximate surface area is 120 Å². The summed E-state index contributed by atoms with van der Waals surface area (Å²) < 4.78 is 2.72. The van der Waals surface area contributed by atoms with E-state index in [2.05, 4.69) is 5.32 Å². The molecule has 0 saturated carbocycles. The number of imidazole rings is 1. The largest absolute Gasteiger partial charge is 0.389 e. The van der Waals surface area contributed by atoms with Crippen LogP contribution in [0.25, 0.3) is 0 Å². The summed E-state index contributed by atoms with van der Waals surface area (Å²) in [6, 6.07) is 6.99. The minimum atomic E-state index is -0.318. The Morgan fingerprint density at radius 3 is 2.65 bits per heavy atom. The summed E-state index contributed by atoms with van der Waals surface area (Å²) in [5.74, 6) is -0.318. The first-order valence-electron chi connectivity index (χ1n) is 5.89. The molecule has 104 valence electrons. The molecule has 1 aromatic heterocycles. The molecule has 0 unspecified atom stereocenters. The lowest BCUT2D eigenvalue weighted by Crippen LogP contribution is -2.28. The van der Waals surface area contributed by atoms with Gasteiger partial charge in [0, 0.05) is 25.0 Å². The summed E-state index contributed by atoms with van der Waals surface area (Å²) >= 11 is 4.92. The maximum atomic E-state index is 12.0. The number of aromatic nitrogens is 2. The fourth-order valence-corrected chi connectivity index (χ4v) is 1.96. The van der Waals surface area contributed by atoms with Crippen molar-refractivity contribution in [2.45, 2.75) is 6.54 Å². The van der Waals surface area contributed by atoms with Gasteiger partial charge in [0.05, 0.1) is 5.69 Å². The van der Waals surface area contributed by atoms with E-state index in [-0.39, 0.29) is 23.1 Å². The van der Waals surface area contributed by atoms with Gasteiger partial charge in [-0.05, 0) is 12.1 Å². The molecule has 1 amide bonds. The molecule has 0 aliphatic heterocycles. The smallest absolute Gasteiger partial charge is 0.328 e. The molecule has 0 fully saturated rings. The SMILES string of the molecule is Cn1ccn(CC(=O)Nc2ccccc2C(N)=S)c1=O. The van der Waals surface area contributed by atoms with Crippen LogP contribution in [0.5, 0.6) is 0 Å². The highest BCUT2D eigenvalue weighted by molar-refractivity contribution is 7.80. The molecule has 1 aromatic carbocycles. The molecule has 2 rings (SSSR count). The van der Waals surface area contributed by atoms with Gasteiger partial charge in [0.1, 0.15) is 11.5 Å². The molecule has 2 aromatic rings. The summed E-state index contributed by atoms with van der Waals surface area (Å²) in [5, 5.41) is 2.70. The molecule has 0 aliphatic rings. The number of hydrogen-bond acceptors (Lipinski definition) is 3. The van der Waals surface area contributed by atoms with Crippen LogP contribution in [0.1, 0.15) is 5.56 Å². The van der Waals surface area contributed by atoms with E-state index in [1.807, 2.05) is 0 Å². The average Bonchev–Trinajstić information content (AvgIpc) is 2.71. The van der Waals surface area contributed by atoms with Crippen LogP contribution >= 0.6 is 12.2 Å². The zero-order chi connectivity index (χ0) is 14.7. The van der Waals surface area contributed by atoms with Gasteiger partial charge in [-0.1, -0.05) is 24.4 Å². The molecule has 0 spiro atoms. The quantitative estimate of drug-likeness (QED) is 0.802. The second-order valence-electron chi connectivity index (χ2n) is 4.28. The summed E-state index contributed by atoms with van der Waals surface area (Å²) in [6.45, 7) is -0.0641. The predicted octanol–water partition coefficient (Wildman–Crippen LogP) is 0.460. The van der Waals surface area contributed by atoms with Crippen molar-refractivity contribution in [1.82, 2.24) is 9.13 Å². The maximum absolute atomic E-state index is 12.0. The number of thiocarbonyl (C=S) groups is 1. The minimum Gasteiger partial charge on any atom is -0.389 e. The molecular weight excluding hydrogens is 276 g/mol. The summed E-state index contributed by atoms with van der Waals surface area (Å²) in [6.07, 6.45) is 3.15. The number of carbonyl (C=O) groups excluding carboxylic acids is 1. The fraction of sp³-hybridized carbons (Fsp3) is 0.154. The highest BCUT2D eigenvalue weighted by atomic mass is 32.1. The Bertz CT molecular complexity index is 717. The van der Waals surface area contributed by atoms with Crippen molar-refractivity contribution in [2.24, 2.45) is 12.8 Å². The zero-order valence-corrected chi connectivity index (χ0v) is 11.7.